The first-order valence-corrected chi connectivity index (χ1v) is 8.25. The lowest BCUT2D eigenvalue weighted by atomic mass is 10.0. The highest BCUT2D eigenvalue weighted by Crippen LogP contribution is 2.38. The Morgan fingerprint density at radius 3 is 2.71 bits per heavy atom. The van der Waals surface area contributed by atoms with Crippen molar-refractivity contribution in [3.8, 4) is 0 Å². The summed E-state index contributed by atoms with van der Waals surface area (Å²) >= 11 is 6.38. The molecule has 0 bridgehead atoms. The highest BCUT2D eigenvalue weighted by molar-refractivity contribution is 9.10. The third-order valence-corrected chi connectivity index (χ3v) is 4.25. The average Bonchev–Trinajstić information content (AvgIpc) is 2.35. The van der Waals surface area contributed by atoms with Crippen molar-refractivity contribution in [1.82, 2.24) is 4.98 Å². The molecule has 0 amide bonds. The molecular formula is C13H15Br2F3N2O. The number of halogens is 5. The lowest BCUT2D eigenvalue weighted by molar-refractivity contribution is -0.137. The molecule has 1 aliphatic rings. The number of hydrogen-bond donors (Lipinski definition) is 0. The summed E-state index contributed by atoms with van der Waals surface area (Å²) in [6.07, 6.45) is -3.24. The first kappa shape index (κ1) is 17.0. The second-order valence-corrected chi connectivity index (χ2v) is 7.12. The molecule has 2 rings (SSSR count). The maximum atomic E-state index is 13.2. The largest absolute Gasteiger partial charge is 0.419 e. The number of alkyl halides is 4. The molecule has 0 radical (unpaired) electrons. The quantitative estimate of drug-likeness (QED) is 0.655. The van der Waals surface area contributed by atoms with Gasteiger partial charge in [-0.2, -0.15) is 13.2 Å². The van der Waals surface area contributed by atoms with E-state index in [2.05, 4.69) is 36.8 Å². The Bertz CT molecular complexity index is 523. The van der Waals surface area contributed by atoms with E-state index in [0.717, 1.165) is 6.07 Å². The van der Waals surface area contributed by atoms with Crippen LogP contribution in [0, 0.1) is 0 Å². The van der Waals surface area contributed by atoms with Gasteiger partial charge in [0.05, 0.1) is 17.3 Å². The highest BCUT2D eigenvalue weighted by Gasteiger charge is 2.40. The zero-order valence-corrected chi connectivity index (χ0v) is 14.7. The molecule has 1 aromatic rings. The SMILES string of the molecule is CC1(C)CN(c2ncc(Br)cc2C(F)(F)F)CC(CBr)O1. The van der Waals surface area contributed by atoms with Crippen LogP contribution in [-0.2, 0) is 10.9 Å². The van der Waals surface area contributed by atoms with Gasteiger partial charge in [0.15, 0.2) is 0 Å². The number of hydrogen-bond acceptors (Lipinski definition) is 3. The summed E-state index contributed by atoms with van der Waals surface area (Å²) in [7, 11) is 0. The molecule has 1 aliphatic heterocycles. The first-order valence-electron chi connectivity index (χ1n) is 6.34. The van der Waals surface area contributed by atoms with E-state index >= 15 is 0 Å². The number of nitrogens with zero attached hydrogens (tertiary/aromatic N) is 2. The molecule has 21 heavy (non-hydrogen) atoms. The predicted octanol–water partition coefficient (Wildman–Crippen LogP) is 4.24. The summed E-state index contributed by atoms with van der Waals surface area (Å²) in [6.45, 7) is 4.45. The molecule has 118 valence electrons. The van der Waals surface area contributed by atoms with Gasteiger partial charge in [-0.1, -0.05) is 15.9 Å². The summed E-state index contributed by atoms with van der Waals surface area (Å²) in [5.41, 5.74) is -1.27. The smallest absolute Gasteiger partial charge is 0.368 e. The van der Waals surface area contributed by atoms with Crippen molar-refractivity contribution in [3.05, 3.63) is 22.3 Å². The van der Waals surface area contributed by atoms with Crippen molar-refractivity contribution in [1.29, 1.82) is 0 Å². The molecule has 1 atom stereocenters. The second-order valence-electron chi connectivity index (χ2n) is 5.56. The predicted molar refractivity (Wildman–Crippen MR) is 81.9 cm³/mol. The number of morpholine rings is 1. The zero-order valence-electron chi connectivity index (χ0n) is 11.5. The monoisotopic (exact) mass is 430 g/mol. The molecule has 0 N–H and O–H groups in total. The molecule has 0 aromatic carbocycles. The Balaban J connectivity index is 2.41. The minimum absolute atomic E-state index is 0.0481. The van der Waals surface area contributed by atoms with E-state index in [-0.39, 0.29) is 11.9 Å². The molecule has 2 heterocycles. The number of anilines is 1. The average molecular weight is 432 g/mol. The lowest BCUT2D eigenvalue weighted by Gasteiger charge is -2.43. The fourth-order valence-corrected chi connectivity index (χ4v) is 3.10. The summed E-state index contributed by atoms with van der Waals surface area (Å²) in [5, 5.41) is 0.560. The van der Waals surface area contributed by atoms with Crippen LogP contribution in [0.3, 0.4) is 0 Å². The number of ether oxygens (including phenoxy) is 1. The van der Waals surface area contributed by atoms with Crippen molar-refractivity contribution in [2.45, 2.75) is 31.7 Å². The van der Waals surface area contributed by atoms with E-state index in [9.17, 15) is 13.2 Å². The Labute approximate surface area is 138 Å². The van der Waals surface area contributed by atoms with Gasteiger partial charge in [-0.15, -0.1) is 0 Å². The molecule has 1 aromatic heterocycles. The minimum Gasteiger partial charge on any atom is -0.368 e. The zero-order chi connectivity index (χ0) is 15.8. The first-order chi connectivity index (χ1) is 9.62. The second kappa shape index (κ2) is 6.04. The van der Waals surface area contributed by atoms with Crippen LogP contribution in [0.25, 0.3) is 0 Å². The molecule has 3 nitrogen and oxygen atoms in total. The third-order valence-electron chi connectivity index (χ3n) is 3.09. The lowest BCUT2D eigenvalue weighted by Crippen LogP contribution is -2.54. The van der Waals surface area contributed by atoms with Gasteiger partial charge >= 0.3 is 6.18 Å². The van der Waals surface area contributed by atoms with E-state index in [1.807, 2.05) is 13.8 Å². The van der Waals surface area contributed by atoms with Crippen molar-refractivity contribution in [2.24, 2.45) is 0 Å². The van der Waals surface area contributed by atoms with Crippen molar-refractivity contribution < 1.29 is 17.9 Å². The molecule has 0 spiro atoms. The van der Waals surface area contributed by atoms with E-state index < -0.39 is 17.3 Å². The number of rotatable bonds is 2. The Hall–Kier alpha value is -0.340. The van der Waals surface area contributed by atoms with Gasteiger partial charge in [-0.05, 0) is 35.8 Å². The van der Waals surface area contributed by atoms with Crippen molar-refractivity contribution in [2.75, 3.05) is 23.3 Å². The molecule has 1 saturated heterocycles. The van der Waals surface area contributed by atoms with Gasteiger partial charge in [-0.25, -0.2) is 4.98 Å². The Morgan fingerprint density at radius 1 is 1.48 bits per heavy atom. The van der Waals surface area contributed by atoms with Crippen LogP contribution in [0.1, 0.15) is 19.4 Å². The van der Waals surface area contributed by atoms with Gasteiger partial charge in [-0.3, -0.25) is 0 Å². The summed E-state index contributed by atoms with van der Waals surface area (Å²) in [6, 6.07) is 1.06. The fraction of sp³-hybridized carbons (Fsp3) is 0.615. The maximum Gasteiger partial charge on any atom is 0.419 e. The van der Waals surface area contributed by atoms with Crippen LogP contribution >= 0.6 is 31.9 Å². The highest BCUT2D eigenvalue weighted by atomic mass is 79.9. The molecule has 1 unspecified atom stereocenters. The molecule has 0 aliphatic carbocycles. The van der Waals surface area contributed by atoms with Gasteiger partial charge in [0.1, 0.15) is 5.82 Å². The van der Waals surface area contributed by atoms with Crippen molar-refractivity contribution >= 4 is 37.7 Å². The van der Waals surface area contributed by atoms with Gasteiger partial charge in [0, 0.05) is 29.1 Å². The van der Waals surface area contributed by atoms with Crippen LogP contribution < -0.4 is 4.90 Å². The van der Waals surface area contributed by atoms with Crippen LogP contribution in [0.5, 0.6) is 0 Å². The molecular weight excluding hydrogens is 417 g/mol. The van der Waals surface area contributed by atoms with Crippen molar-refractivity contribution in [3.63, 3.8) is 0 Å². The number of aromatic nitrogens is 1. The van der Waals surface area contributed by atoms with Gasteiger partial charge < -0.3 is 9.64 Å². The standard InChI is InChI=1S/C13H15Br2F3N2O/c1-12(2)7-20(6-9(4-14)21-12)11-10(13(16,17)18)3-8(15)5-19-11/h3,5,9H,4,6-7H2,1-2H3. The van der Waals surface area contributed by atoms with Gasteiger partial charge in [0.2, 0.25) is 0 Å². The van der Waals surface area contributed by atoms with Crippen LogP contribution in [0.4, 0.5) is 19.0 Å². The Kier molecular flexibility index (Phi) is 4.90. The topological polar surface area (TPSA) is 25.4 Å². The fourth-order valence-electron chi connectivity index (χ4n) is 2.43. The summed E-state index contributed by atoms with van der Waals surface area (Å²) in [5.74, 6) is -0.0481. The van der Waals surface area contributed by atoms with E-state index in [0.29, 0.717) is 22.9 Å². The number of pyridine rings is 1. The Morgan fingerprint density at radius 2 is 2.14 bits per heavy atom. The normalized spacial score (nSPS) is 22.4. The summed E-state index contributed by atoms with van der Waals surface area (Å²) in [4.78, 5) is 5.63. The molecule has 1 fully saturated rings. The van der Waals surface area contributed by atoms with E-state index in [1.54, 1.807) is 4.90 Å². The van der Waals surface area contributed by atoms with Crippen LogP contribution in [0.2, 0.25) is 0 Å². The van der Waals surface area contributed by atoms with E-state index in [4.69, 9.17) is 4.74 Å². The van der Waals surface area contributed by atoms with E-state index in [1.165, 1.54) is 6.20 Å². The maximum absolute atomic E-state index is 13.2. The third kappa shape index (κ3) is 4.10. The van der Waals surface area contributed by atoms with Gasteiger partial charge in [0.25, 0.3) is 0 Å². The van der Waals surface area contributed by atoms with Crippen LogP contribution in [-0.4, -0.2) is 35.1 Å². The van der Waals surface area contributed by atoms with Crippen LogP contribution in [0.15, 0.2) is 16.7 Å². The molecule has 0 saturated carbocycles. The minimum atomic E-state index is -4.45. The summed E-state index contributed by atoms with van der Waals surface area (Å²) < 4.78 is 45.8. The molecule has 8 heteroatoms.